The maximum absolute atomic E-state index is 9.40. The van der Waals surface area contributed by atoms with Gasteiger partial charge in [-0.15, -0.1) is 0 Å². The Bertz CT molecular complexity index is 295. The van der Waals surface area contributed by atoms with Crippen molar-refractivity contribution in [3.8, 4) is 0 Å². The molecule has 1 N–H and O–H groups in total. The number of hydrogen-bond donors (Lipinski definition) is 1. The molecule has 0 saturated heterocycles. The fraction of sp³-hybridized carbons (Fsp3) is 0.615. The fourth-order valence-electron chi connectivity index (χ4n) is 1.62. The van der Waals surface area contributed by atoms with Crippen molar-refractivity contribution in [2.24, 2.45) is 0 Å². The Kier molecular flexibility index (Phi) is 5.26. The Balaban J connectivity index is 2.70. The van der Waals surface area contributed by atoms with E-state index in [1.165, 1.54) is 12.8 Å². The van der Waals surface area contributed by atoms with Crippen LogP contribution in [0, 0.1) is 0 Å². The molecule has 0 spiro atoms. The van der Waals surface area contributed by atoms with Crippen LogP contribution in [0.25, 0.3) is 0 Å². The summed E-state index contributed by atoms with van der Waals surface area (Å²) in [4.78, 5) is 6.65. The third-order valence-corrected chi connectivity index (χ3v) is 2.74. The van der Waals surface area contributed by atoms with E-state index in [9.17, 15) is 5.11 Å². The first-order valence-corrected chi connectivity index (χ1v) is 6.08. The van der Waals surface area contributed by atoms with E-state index in [1.807, 2.05) is 12.1 Å². The van der Waals surface area contributed by atoms with E-state index in [2.05, 4.69) is 23.7 Å². The van der Waals surface area contributed by atoms with Gasteiger partial charge in [-0.05, 0) is 31.9 Å². The smallest absolute Gasteiger partial charge is 0.128 e. The molecule has 3 nitrogen and oxygen atoms in total. The normalized spacial score (nSPS) is 12.5. The predicted octanol–water partition coefficient (Wildman–Crippen LogP) is 2.76. The topological polar surface area (TPSA) is 36.4 Å². The van der Waals surface area contributed by atoms with E-state index in [0.717, 1.165) is 24.5 Å². The van der Waals surface area contributed by atoms with Gasteiger partial charge in [0.15, 0.2) is 0 Å². The lowest BCUT2D eigenvalue weighted by molar-refractivity contribution is 0.199. The molecule has 1 aromatic rings. The first-order valence-electron chi connectivity index (χ1n) is 6.08. The largest absolute Gasteiger partial charge is 0.389 e. The van der Waals surface area contributed by atoms with Gasteiger partial charge in [0.05, 0.1) is 6.10 Å². The van der Waals surface area contributed by atoms with Crippen LogP contribution in [0.2, 0.25) is 0 Å². The van der Waals surface area contributed by atoms with Crippen LogP contribution in [-0.2, 0) is 0 Å². The number of pyridine rings is 1. The summed E-state index contributed by atoms with van der Waals surface area (Å²) >= 11 is 0. The molecule has 1 atom stereocenters. The van der Waals surface area contributed by atoms with Crippen LogP contribution in [-0.4, -0.2) is 23.2 Å². The molecule has 0 aromatic carbocycles. The fourth-order valence-corrected chi connectivity index (χ4v) is 1.62. The molecule has 0 aliphatic carbocycles. The highest BCUT2D eigenvalue weighted by Crippen LogP contribution is 2.16. The number of anilines is 1. The Morgan fingerprint density at radius 1 is 1.38 bits per heavy atom. The highest BCUT2D eigenvalue weighted by molar-refractivity contribution is 5.39. The van der Waals surface area contributed by atoms with E-state index in [-0.39, 0.29) is 0 Å². The van der Waals surface area contributed by atoms with Crippen LogP contribution in [0.5, 0.6) is 0 Å². The zero-order chi connectivity index (χ0) is 12.0. The van der Waals surface area contributed by atoms with Crippen molar-refractivity contribution >= 4 is 5.82 Å². The summed E-state index contributed by atoms with van der Waals surface area (Å²) in [6.45, 7) is 8.11. The average molecular weight is 222 g/mol. The summed E-state index contributed by atoms with van der Waals surface area (Å²) < 4.78 is 0. The number of nitrogens with zero attached hydrogens (tertiary/aromatic N) is 2. The lowest BCUT2D eigenvalue weighted by Crippen LogP contribution is -2.24. The highest BCUT2D eigenvalue weighted by atomic mass is 16.3. The second-order valence-electron chi connectivity index (χ2n) is 4.06. The number of rotatable bonds is 6. The molecule has 0 bridgehead atoms. The minimum Gasteiger partial charge on any atom is -0.389 e. The summed E-state index contributed by atoms with van der Waals surface area (Å²) in [5.41, 5.74) is 0.871. The van der Waals surface area contributed by atoms with Crippen LogP contribution in [0.4, 0.5) is 5.82 Å². The Hall–Kier alpha value is -1.09. The molecule has 0 saturated carbocycles. The van der Waals surface area contributed by atoms with Crippen molar-refractivity contribution in [3.63, 3.8) is 0 Å². The van der Waals surface area contributed by atoms with Crippen LogP contribution in [0.15, 0.2) is 18.3 Å². The van der Waals surface area contributed by atoms with Gasteiger partial charge in [-0.1, -0.05) is 19.4 Å². The standard InChI is InChI=1S/C13H22N2O/c1-4-6-9-15(5-2)13-8-7-12(10-14-13)11(3)16/h7-8,10-11,16H,4-6,9H2,1-3H3/t11-/m1/s1. The van der Waals surface area contributed by atoms with Crippen LogP contribution in [0.1, 0.15) is 45.3 Å². The number of unbranched alkanes of at least 4 members (excludes halogenated alkanes) is 1. The SMILES string of the molecule is CCCCN(CC)c1ccc([C@@H](C)O)cn1. The van der Waals surface area contributed by atoms with E-state index in [4.69, 9.17) is 0 Å². The summed E-state index contributed by atoms with van der Waals surface area (Å²) in [6, 6.07) is 3.93. The summed E-state index contributed by atoms with van der Waals surface area (Å²) in [6.07, 6.45) is 3.71. The Morgan fingerprint density at radius 3 is 2.56 bits per heavy atom. The van der Waals surface area contributed by atoms with Crippen LogP contribution in [0.3, 0.4) is 0 Å². The van der Waals surface area contributed by atoms with Gasteiger partial charge in [0.1, 0.15) is 5.82 Å². The lowest BCUT2D eigenvalue weighted by Gasteiger charge is -2.21. The summed E-state index contributed by atoms with van der Waals surface area (Å²) in [5.74, 6) is 1.00. The maximum atomic E-state index is 9.40. The van der Waals surface area contributed by atoms with E-state index < -0.39 is 6.10 Å². The molecule has 1 aromatic heterocycles. The van der Waals surface area contributed by atoms with E-state index in [0.29, 0.717) is 0 Å². The number of aromatic nitrogens is 1. The lowest BCUT2D eigenvalue weighted by atomic mass is 10.2. The van der Waals surface area contributed by atoms with Gasteiger partial charge < -0.3 is 10.0 Å². The zero-order valence-corrected chi connectivity index (χ0v) is 10.5. The van der Waals surface area contributed by atoms with Crippen molar-refractivity contribution in [1.29, 1.82) is 0 Å². The summed E-state index contributed by atoms with van der Waals surface area (Å²) in [7, 11) is 0. The monoisotopic (exact) mass is 222 g/mol. The Labute approximate surface area is 98.1 Å². The molecule has 3 heteroatoms. The molecular formula is C13H22N2O. The third-order valence-electron chi connectivity index (χ3n) is 2.74. The van der Waals surface area contributed by atoms with Crippen LogP contribution < -0.4 is 4.90 Å². The molecule has 0 aliphatic rings. The van der Waals surface area contributed by atoms with Crippen molar-refractivity contribution < 1.29 is 5.11 Å². The molecule has 0 aliphatic heterocycles. The van der Waals surface area contributed by atoms with Gasteiger partial charge in [-0.3, -0.25) is 0 Å². The molecule has 0 fully saturated rings. The van der Waals surface area contributed by atoms with Gasteiger partial charge in [0, 0.05) is 19.3 Å². The molecule has 1 rings (SSSR count). The molecule has 1 heterocycles. The average Bonchev–Trinajstić information content (AvgIpc) is 2.30. The van der Waals surface area contributed by atoms with Gasteiger partial charge in [-0.25, -0.2) is 4.98 Å². The van der Waals surface area contributed by atoms with E-state index in [1.54, 1.807) is 13.1 Å². The minimum atomic E-state index is -0.438. The van der Waals surface area contributed by atoms with Gasteiger partial charge in [0.25, 0.3) is 0 Å². The van der Waals surface area contributed by atoms with Crippen molar-refractivity contribution in [3.05, 3.63) is 23.9 Å². The van der Waals surface area contributed by atoms with Crippen molar-refractivity contribution in [2.45, 2.75) is 39.7 Å². The van der Waals surface area contributed by atoms with Gasteiger partial charge in [-0.2, -0.15) is 0 Å². The quantitative estimate of drug-likeness (QED) is 0.804. The number of aliphatic hydroxyl groups excluding tert-OH is 1. The van der Waals surface area contributed by atoms with Crippen LogP contribution >= 0.6 is 0 Å². The predicted molar refractivity (Wildman–Crippen MR) is 67.7 cm³/mol. The second kappa shape index (κ2) is 6.48. The molecule has 0 unspecified atom stereocenters. The number of hydrogen-bond acceptors (Lipinski definition) is 3. The molecule has 0 amide bonds. The molecule has 0 radical (unpaired) electrons. The van der Waals surface area contributed by atoms with E-state index >= 15 is 0 Å². The third kappa shape index (κ3) is 3.49. The second-order valence-corrected chi connectivity index (χ2v) is 4.06. The summed E-state index contributed by atoms with van der Waals surface area (Å²) in [5, 5.41) is 9.40. The molecule has 16 heavy (non-hydrogen) atoms. The van der Waals surface area contributed by atoms with Crippen molar-refractivity contribution in [1.82, 2.24) is 4.98 Å². The first kappa shape index (κ1) is 13.0. The maximum Gasteiger partial charge on any atom is 0.128 e. The first-order chi connectivity index (χ1) is 7.69. The minimum absolute atomic E-state index is 0.438. The Morgan fingerprint density at radius 2 is 2.12 bits per heavy atom. The van der Waals surface area contributed by atoms with Gasteiger partial charge >= 0.3 is 0 Å². The highest BCUT2D eigenvalue weighted by Gasteiger charge is 2.06. The molecule has 90 valence electrons. The van der Waals surface area contributed by atoms with Gasteiger partial charge in [0.2, 0.25) is 0 Å². The van der Waals surface area contributed by atoms with Crippen molar-refractivity contribution in [2.75, 3.05) is 18.0 Å². The zero-order valence-electron chi connectivity index (χ0n) is 10.5. The molecular weight excluding hydrogens is 200 g/mol. The number of aliphatic hydroxyl groups is 1.